The lowest BCUT2D eigenvalue weighted by molar-refractivity contribution is -0.113. The Kier molecular flexibility index (Phi) is 6.72. The molecule has 29 heavy (non-hydrogen) atoms. The summed E-state index contributed by atoms with van der Waals surface area (Å²) in [6, 6.07) is 13.6. The van der Waals surface area contributed by atoms with Gasteiger partial charge in [0.05, 0.1) is 12.9 Å². The first-order valence-corrected chi connectivity index (χ1v) is 10.2. The smallest absolute Gasteiger partial charge is 0.234 e. The minimum atomic E-state index is -0.0823. The molecule has 0 fully saturated rings. The van der Waals surface area contributed by atoms with Gasteiger partial charge in [0.15, 0.2) is 11.0 Å². The molecule has 3 aromatic rings. The van der Waals surface area contributed by atoms with E-state index in [1.54, 1.807) is 13.2 Å². The SMILES string of the molecule is C=CCn1c(SCC(=O)Nc2ccc(C)cc2C)nnc1-c1ccc(OC)cc1. The van der Waals surface area contributed by atoms with Crippen molar-refractivity contribution in [3.8, 4) is 17.1 Å². The van der Waals surface area contributed by atoms with Gasteiger partial charge in [-0.2, -0.15) is 0 Å². The highest BCUT2D eigenvalue weighted by atomic mass is 32.2. The van der Waals surface area contributed by atoms with E-state index < -0.39 is 0 Å². The van der Waals surface area contributed by atoms with Gasteiger partial charge >= 0.3 is 0 Å². The average molecular weight is 409 g/mol. The molecule has 6 nitrogen and oxygen atoms in total. The van der Waals surface area contributed by atoms with Crippen LogP contribution in [-0.4, -0.2) is 33.5 Å². The Morgan fingerprint density at radius 3 is 2.62 bits per heavy atom. The zero-order valence-electron chi connectivity index (χ0n) is 16.8. The number of hydrogen-bond acceptors (Lipinski definition) is 5. The molecule has 0 atom stereocenters. The summed E-state index contributed by atoms with van der Waals surface area (Å²) >= 11 is 1.35. The molecule has 150 valence electrons. The van der Waals surface area contributed by atoms with Crippen LogP contribution in [0.1, 0.15) is 11.1 Å². The molecule has 0 aliphatic carbocycles. The van der Waals surface area contributed by atoms with E-state index in [-0.39, 0.29) is 11.7 Å². The molecule has 1 amide bonds. The van der Waals surface area contributed by atoms with Crippen LogP contribution < -0.4 is 10.1 Å². The normalized spacial score (nSPS) is 10.6. The Morgan fingerprint density at radius 2 is 1.97 bits per heavy atom. The first kappa shape index (κ1) is 20.7. The number of methoxy groups -OCH3 is 1. The van der Waals surface area contributed by atoms with Crippen LogP contribution in [0.2, 0.25) is 0 Å². The number of aryl methyl sites for hydroxylation is 2. The van der Waals surface area contributed by atoms with Crippen molar-refractivity contribution in [1.29, 1.82) is 0 Å². The van der Waals surface area contributed by atoms with Crippen molar-refractivity contribution in [2.45, 2.75) is 25.5 Å². The largest absolute Gasteiger partial charge is 0.497 e. The van der Waals surface area contributed by atoms with Crippen molar-refractivity contribution < 1.29 is 9.53 Å². The summed E-state index contributed by atoms with van der Waals surface area (Å²) in [7, 11) is 1.63. The highest BCUT2D eigenvalue weighted by Gasteiger charge is 2.15. The van der Waals surface area contributed by atoms with Crippen molar-refractivity contribution in [1.82, 2.24) is 14.8 Å². The highest BCUT2D eigenvalue weighted by Crippen LogP contribution is 2.26. The predicted molar refractivity (Wildman–Crippen MR) is 117 cm³/mol. The van der Waals surface area contributed by atoms with Crippen LogP contribution >= 0.6 is 11.8 Å². The lowest BCUT2D eigenvalue weighted by Crippen LogP contribution is -2.15. The number of aromatic nitrogens is 3. The Bertz CT molecular complexity index is 1010. The molecular weight excluding hydrogens is 384 g/mol. The predicted octanol–water partition coefficient (Wildman–Crippen LogP) is 4.49. The molecule has 0 saturated carbocycles. The maximum Gasteiger partial charge on any atom is 0.234 e. The number of nitrogens with zero attached hydrogens (tertiary/aromatic N) is 3. The summed E-state index contributed by atoms with van der Waals surface area (Å²) in [5.74, 6) is 1.66. The van der Waals surface area contributed by atoms with Gasteiger partial charge in [-0.05, 0) is 49.7 Å². The molecule has 0 spiro atoms. The minimum Gasteiger partial charge on any atom is -0.497 e. The molecule has 0 aliphatic heterocycles. The number of benzene rings is 2. The van der Waals surface area contributed by atoms with Crippen molar-refractivity contribution >= 4 is 23.4 Å². The van der Waals surface area contributed by atoms with Crippen LogP contribution in [0.15, 0.2) is 60.3 Å². The number of nitrogens with one attached hydrogen (secondary N) is 1. The molecule has 0 saturated heterocycles. The van der Waals surface area contributed by atoms with Crippen LogP contribution in [0.5, 0.6) is 5.75 Å². The quantitative estimate of drug-likeness (QED) is 0.439. The number of carbonyl (C=O) groups excluding carboxylic acids is 1. The van der Waals surface area contributed by atoms with Gasteiger partial charge in [0.2, 0.25) is 5.91 Å². The van der Waals surface area contributed by atoms with Gasteiger partial charge in [0.25, 0.3) is 0 Å². The van der Waals surface area contributed by atoms with Crippen molar-refractivity contribution in [2.24, 2.45) is 0 Å². The second kappa shape index (κ2) is 9.43. The second-order valence-electron chi connectivity index (χ2n) is 6.59. The van der Waals surface area contributed by atoms with Crippen LogP contribution in [0.3, 0.4) is 0 Å². The average Bonchev–Trinajstić information content (AvgIpc) is 3.11. The van der Waals surface area contributed by atoms with E-state index in [2.05, 4.69) is 22.1 Å². The Balaban J connectivity index is 1.72. The molecule has 0 radical (unpaired) electrons. The van der Waals surface area contributed by atoms with E-state index >= 15 is 0 Å². The van der Waals surface area contributed by atoms with E-state index in [1.165, 1.54) is 17.3 Å². The van der Waals surface area contributed by atoms with Gasteiger partial charge < -0.3 is 10.1 Å². The van der Waals surface area contributed by atoms with Gasteiger partial charge in [0.1, 0.15) is 5.75 Å². The van der Waals surface area contributed by atoms with Crippen LogP contribution in [0.25, 0.3) is 11.4 Å². The van der Waals surface area contributed by atoms with E-state index in [1.807, 2.05) is 60.9 Å². The topological polar surface area (TPSA) is 69.0 Å². The summed E-state index contributed by atoms with van der Waals surface area (Å²) in [4.78, 5) is 12.4. The zero-order valence-corrected chi connectivity index (χ0v) is 17.6. The summed E-state index contributed by atoms with van der Waals surface area (Å²) in [5.41, 5.74) is 3.96. The lowest BCUT2D eigenvalue weighted by Gasteiger charge is -2.10. The molecule has 1 aromatic heterocycles. The monoisotopic (exact) mass is 408 g/mol. The number of allylic oxidation sites excluding steroid dienone is 1. The van der Waals surface area contributed by atoms with E-state index in [0.29, 0.717) is 11.7 Å². The summed E-state index contributed by atoms with van der Waals surface area (Å²) in [5, 5.41) is 12.2. The zero-order chi connectivity index (χ0) is 20.8. The molecule has 3 rings (SSSR count). The van der Waals surface area contributed by atoms with E-state index in [9.17, 15) is 4.79 Å². The first-order valence-electron chi connectivity index (χ1n) is 9.20. The minimum absolute atomic E-state index is 0.0823. The fourth-order valence-electron chi connectivity index (χ4n) is 2.91. The van der Waals surface area contributed by atoms with Gasteiger partial charge in [-0.3, -0.25) is 9.36 Å². The van der Waals surface area contributed by atoms with Crippen molar-refractivity contribution in [3.05, 3.63) is 66.2 Å². The first-order chi connectivity index (χ1) is 14.0. The summed E-state index contributed by atoms with van der Waals surface area (Å²) in [6.07, 6.45) is 1.79. The summed E-state index contributed by atoms with van der Waals surface area (Å²) in [6.45, 7) is 8.39. The third-order valence-corrected chi connectivity index (χ3v) is 5.33. The fraction of sp³-hybridized carbons (Fsp3) is 0.227. The number of anilines is 1. The Morgan fingerprint density at radius 1 is 1.21 bits per heavy atom. The van der Waals surface area contributed by atoms with E-state index in [4.69, 9.17) is 4.74 Å². The van der Waals surface area contributed by atoms with Gasteiger partial charge in [-0.15, -0.1) is 16.8 Å². The standard InChI is InChI=1S/C22H24N4O2S/c1-5-12-26-21(17-7-9-18(28-4)10-8-17)24-25-22(26)29-14-20(27)23-19-11-6-15(2)13-16(19)3/h5-11,13H,1,12,14H2,2-4H3,(H,23,27). The molecule has 2 aromatic carbocycles. The number of thioether (sulfide) groups is 1. The molecule has 0 bridgehead atoms. The van der Waals surface area contributed by atoms with Gasteiger partial charge in [-0.1, -0.05) is 35.5 Å². The van der Waals surface area contributed by atoms with Crippen LogP contribution in [0.4, 0.5) is 5.69 Å². The van der Waals surface area contributed by atoms with Crippen molar-refractivity contribution in [2.75, 3.05) is 18.2 Å². The van der Waals surface area contributed by atoms with Crippen LogP contribution in [-0.2, 0) is 11.3 Å². The van der Waals surface area contributed by atoms with Gasteiger partial charge in [-0.25, -0.2) is 0 Å². The molecule has 7 heteroatoms. The number of ether oxygens (including phenoxy) is 1. The Hall–Kier alpha value is -3.06. The fourth-order valence-corrected chi connectivity index (χ4v) is 3.66. The number of rotatable bonds is 8. The maximum atomic E-state index is 12.4. The second-order valence-corrected chi connectivity index (χ2v) is 7.53. The number of amides is 1. The van der Waals surface area contributed by atoms with Crippen LogP contribution in [0, 0.1) is 13.8 Å². The molecule has 1 heterocycles. The molecular formula is C22H24N4O2S. The lowest BCUT2D eigenvalue weighted by atomic mass is 10.1. The van der Waals surface area contributed by atoms with Gasteiger partial charge in [0, 0.05) is 17.8 Å². The maximum absolute atomic E-state index is 12.4. The number of hydrogen-bond donors (Lipinski definition) is 1. The van der Waals surface area contributed by atoms with E-state index in [0.717, 1.165) is 28.4 Å². The third kappa shape index (κ3) is 5.06. The molecule has 0 unspecified atom stereocenters. The molecule has 1 N–H and O–H groups in total. The Labute approximate surface area is 175 Å². The third-order valence-electron chi connectivity index (χ3n) is 4.37. The van der Waals surface area contributed by atoms with Crippen molar-refractivity contribution in [3.63, 3.8) is 0 Å². The summed E-state index contributed by atoms with van der Waals surface area (Å²) < 4.78 is 7.16. The number of carbonyl (C=O) groups is 1. The highest BCUT2D eigenvalue weighted by molar-refractivity contribution is 7.99. The molecule has 0 aliphatic rings.